The zero-order valence-electron chi connectivity index (χ0n) is 10.3. The molecule has 3 rings (SSSR count). The van der Waals surface area contributed by atoms with E-state index in [1.165, 1.54) is 41.6 Å². The highest BCUT2D eigenvalue weighted by Gasteiger charge is 2.22. The number of nitrogens with zero attached hydrogens (tertiary/aromatic N) is 2. The lowest BCUT2D eigenvalue weighted by Crippen LogP contribution is -2.36. The number of rotatable bonds is 2. The molecule has 0 bridgehead atoms. The zero-order valence-corrected chi connectivity index (χ0v) is 12.7. The van der Waals surface area contributed by atoms with Crippen molar-refractivity contribution in [2.45, 2.75) is 31.7 Å². The fourth-order valence-corrected chi connectivity index (χ4v) is 4.18. The molecule has 96 valence electrons. The topological polar surface area (TPSA) is 16.1 Å². The third-order valence-corrected chi connectivity index (χ3v) is 5.32. The zero-order chi connectivity index (χ0) is 12.4. The molecule has 1 aliphatic heterocycles. The fourth-order valence-electron chi connectivity index (χ4n) is 2.73. The second-order valence-electron chi connectivity index (χ2n) is 4.82. The molecule has 2 aromatic rings. The van der Waals surface area contributed by atoms with E-state index in [-0.39, 0.29) is 0 Å². The van der Waals surface area contributed by atoms with Crippen LogP contribution < -0.4 is 4.90 Å². The van der Waals surface area contributed by atoms with Gasteiger partial charge < -0.3 is 4.90 Å². The van der Waals surface area contributed by atoms with Crippen molar-refractivity contribution >= 4 is 43.2 Å². The van der Waals surface area contributed by atoms with Gasteiger partial charge in [-0.2, -0.15) is 0 Å². The van der Waals surface area contributed by atoms with Crippen molar-refractivity contribution in [3.05, 3.63) is 23.7 Å². The van der Waals surface area contributed by atoms with Crippen LogP contribution in [0.25, 0.3) is 10.1 Å². The number of thiophene rings is 1. The summed E-state index contributed by atoms with van der Waals surface area (Å²) >= 11 is 5.47. The van der Waals surface area contributed by atoms with Gasteiger partial charge in [0.05, 0.1) is 0 Å². The molecule has 0 amide bonds. The molecular formula is C14H17BrN2S. The second kappa shape index (κ2) is 5.57. The summed E-state index contributed by atoms with van der Waals surface area (Å²) in [5.41, 5.74) is 0. The maximum atomic E-state index is 4.65. The molecule has 0 aromatic carbocycles. The van der Waals surface area contributed by atoms with Gasteiger partial charge in [0, 0.05) is 34.2 Å². The van der Waals surface area contributed by atoms with E-state index in [9.17, 15) is 0 Å². The minimum atomic E-state index is 0.588. The quantitative estimate of drug-likeness (QED) is 0.759. The maximum absolute atomic E-state index is 4.65. The van der Waals surface area contributed by atoms with Crippen molar-refractivity contribution in [3.8, 4) is 0 Å². The van der Waals surface area contributed by atoms with E-state index in [1.807, 2.05) is 6.20 Å². The van der Waals surface area contributed by atoms with Crippen LogP contribution in [-0.2, 0) is 0 Å². The largest absolute Gasteiger partial charge is 0.352 e. The Hall–Kier alpha value is -0.610. The van der Waals surface area contributed by atoms with Crippen molar-refractivity contribution in [2.75, 3.05) is 16.8 Å². The van der Waals surface area contributed by atoms with Crippen LogP contribution in [0.2, 0.25) is 0 Å². The minimum Gasteiger partial charge on any atom is -0.352 e. The van der Waals surface area contributed by atoms with Crippen molar-refractivity contribution < 1.29 is 0 Å². The van der Waals surface area contributed by atoms with Crippen molar-refractivity contribution in [3.63, 3.8) is 0 Å². The van der Waals surface area contributed by atoms with Crippen molar-refractivity contribution in [1.82, 2.24) is 4.98 Å². The molecule has 1 fully saturated rings. The van der Waals surface area contributed by atoms with E-state index < -0.39 is 0 Å². The molecule has 0 N–H and O–H groups in total. The molecule has 0 radical (unpaired) electrons. The lowest BCUT2D eigenvalue weighted by atomic mass is 10.1. The Bertz CT molecular complexity index is 525. The average Bonchev–Trinajstić information content (AvgIpc) is 2.76. The molecule has 2 aromatic heterocycles. The predicted molar refractivity (Wildman–Crippen MR) is 83.0 cm³/mol. The first-order valence-electron chi connectivity index (χ1n) is 6.55. The number of anilines is 1. The average molecular weight is 325 g/mol. The highest BCUT2D eigenvalue weighted by atomic mass is 79.9. The smallest absolute Gasteiger partial charge is 0.137 e. The van der Waals surface area contributed by atoms with E-state index in [4.69, 9.17) is 0 Å². The third-order valence-electron chi connectivity index (χ3n) is 3.69. The van der Waals surface area contributed by atoms with E-state index in [2.05, 4.69) is 43.3 Å². The Morgan fingerprint density at radius 2 is 2.28 bits per heavy atom. The van der Waals surface area contributed by atoms with Gasteiger partial charge in [0.2, 0.25) is 0 Å². The van der Waals surface area contributed by atoms with Gasteiger partial charge in [-0.1, -0.05) is 28.8 Å². The highest BCUT2D eigenvalue weighted by Crippen LogP contribution is 2.32. The Morgan fingerprint density at radius 1 is 1.33 bits per heavy atom. The van der Waals surface area contributed by atoms with Crippen LogP contribution in [-0.4, -0.2) is 22.9 Å². The van der Waals surface area contributed by atoms with Gasteiger partial charge >= 0.3 is 0 Å². The van der Waals surface area contributed by atoms with Crippen molar-refractivity contribution in [2.24, 2.45) is 0 Å². The van der Waals surface area contributed by atoms with Gasteiger partial charge in [-0.05, 0) is 30.4 Å². The molecule has 1 unspecified atom stereocenters. The number of alkyl halides is 1. The van der Waals surface area contributed by atoms with Crippen LogP contribution in [0, 0.1) is 0 Å². The minimum absolute atomic E-state index is 0.588. The standard InChI is InChI=1S/C14H17BrN2S/c15-10-11-4-2-1-3-8-17(11)14-12-6-9-18-13(12)5-7-16-14/h5-7,9,11H,1-4,8,10H2. The summed E-state index contributed by atoms with van der Waals surface area (Å²) in [5, 5.41) is 4.52. The SMILES string of the molecule is BrCC1CCCCCN1c1nccc2sccc12. The van der Waals surface area contributed by atoms with Crippen molar-refractivity contribution in [1.29, 1.82) is 0 Å². The first kappa shape index (κ1) is 12.4. The summed E-state index contributed by atoms with van der Waals surface area (Å²) in [5.74, 6) is 1.18. The van der Waals surface area contributed by atoms with Crippen LogP contribution in [0.5, 0.6) is 0 Å². The van der Waals surface area contributed by atoms with Gasteiger partial charge in [-0.15, -0.1) is 11.3 Å². The number of aromatic nitrogens is 1. The summed E-state index contributed by atoms with van der Waals surface area (Å²) in [7, 11) is 0. The molecule has 1 atom stereocenters. The van der Waals surface area contributed by atoms with Gasteiger partial charge in [-0.25, -0.2) is 4.98 Å². The maximum Gasteiger partial charge on any atom is 0.137 e. The molecule has 18 heavy (non-hydrogen) atoms. The summed E-state index contributed by atoms with van der Waals surface area (Å²) in [4.78, 5) is 7.17. The monoisotopic (exact) mass is 324 g/mol. The number of hydrogen-bond donors (Lipinski definition) is 0. The van der Waals surface area contributed by atoms with Gasteiger partial charge in [-0.3, -0.25) is 0 Å². The second-order valence-corrected chi connectivity index (χ2v) is 6.41. The lowest BCUT2D eigenvalue weighted by Gasteiger charge is -2.30. The van der Waals surface area contributed by atoms with E-state index in [0.717, 1.165) is 11.9 Å². The number of halogens is 1. The Morgan fingerprint density at radius 3 is 3.17 bits per heavy atom. The first-order valence-corrected chi connectivity index (χ1v) is 8.55. The van der Waals surface area contributed by atoms with Gasteiger partial charge in [0.1, 0.15) is 5.82 Å². The molecule has 1 saturated heterocycles. The van der Waals surface area contributed by atoms with Gasteiger partial charge in [0.25, 0.3) is 0 Å². The number of pyridine rings is 1. The Labute approximate surface area is 120 Å². The Balaban J connectivity index is 2.02. The normalized spacial score (nSPS) is 21.2. The first-order chi connectivity index (χ1) is 8.90. The van der Waals surface area contributed by atoms with Crippen LogP contribution in [0.4, 0.5) is 5.82 Å². The van der Waals surface area contributed by atoms with Crippen LogP contribution in [0.15, 0.2) is 23.7 Å². The predicted octanol–water partition coefficient (Wildman–Crippen LogP) is 4.44. The summed E-state index contributed by atoms with van der Waals surface area (Å²) in [6.45, 7) is 1.14. The summed E-state index contributed by atoms with van der Waals surface area (Å²) in [6, 6.07) is 4.91. The molecule has 3 heterocycles. The lowest BCUT2D eigenvalue weighted by molar-refractivity contribution is 0.623. The highest BCUT2D eigenvalue weighted by molar-refractivity contribution is 9.09. The fraction of sp³-hybridized carbons (Fsp3) is 0.500. The van der Waals surface area contributed by atoms with Crippen LogP contribution in [0.3, 0.4) is 0 Å². The number of hydrogen-bond acceptors (Lipinski definition) is 3. The van der Waals surface area contributed by atoms with E-state index in [1.54, 1.807) is 11.3 Å². The molecular weight excluding hydrogens is 308 g/mol. The van der Waals surface area contributed by atoms with E-state index >= 15 is 0 Å². The molecule has 4 heteroatoms. The van der Waals surface area contributed by atoms with E-state index in [0.29, 0.717) is 6.04 Å². The van der Waals surface area contributed by atoms with Crippen LogP contribution >= 0.6 is 27.3 Å². The third kappa shape index (κ3) is 2.28. The molecule has 0 aliphatic carbocycles. The number of fused-ring (bicyclic) bond motifs is 1. The molecule has 0 spiro atoms. The van der Waals surface area contributed by atoms with Gasteiger partial charge in [0.15, 0.2) is 0 Å². The molecule has 1 aliphatic rings. The summed E-state index contributed by atoms with van der Waals surface area (Å²) < 4.78 is 1.34. The molecule has 2 nitrogen and oxygen atoms in total. The Kier molecular flexibility index (Phi) is 3.85. The van der Waals surface area contributed by atoms with Crippen LogP contribution in [0.1, 0.15) is 25.7 Å². The summed E-state index contributed by atoms with van der Waals surface area (Å²) in [6.07, 6.45) is 7.19. The molecule has 0 saturated carbocycles.